The average molecular weight is 409 g/mol. The molecule has 8 heteroatoms. The van der Waals surface area contributed by atoms with E-state index in [1.807, 2.05) is 25.1 Å². The minimum absolute atomic E-state index is 0.154. The predicted molar refractivity (Wildman–Crippen MR) is 108 cm³/mol. The highest BCUT2D eigenvalue weighted by molar-refractivity contribution is 7.95. The van der Waals surface area contributed by atoms with Crippen molar-refractivity contribution in [3.63, 3.8) is 0 Å². The molecule has 2 aromatic carbocycles. The SMILES string of the molecule is CC1=C(S(=O)(=O)c2ccccc2)C(c2ccc3c(c2)OCO3)n2nc(C)cc2N1. The van der Waals surface area contributed by atoms with E-state index in [9.17, 15) is 8.42 Å². The molecule has 1 N–H and O–H groups in total. The van der Waals surface area contributed by atoms with Gasteiger partial charge in [-0.25, -0.2) is 13.1 Å². The maximum Gasteiger partial charge on any atom is 0.231 e. The van der Waals surface area contributed by atoms with Gasteiger partial charge >= 0.3 is 0 Å². The molecular weight excluding hydrogens is 390 g/mol. The number of rotatable bonds is 3. The zero-order chi connectivity index (χ0) is 20.2. The van der Waals surface area contributed by atoms with Crippen LogP contribution in [0.1, 0.15) is 24.2 Å². The van der Waals surface area contributed by atoms with Gasteiger partial charge in [0, 0.05) is 11.8 Å². The molecule has 5 rings (SSSR count). The van der Waals surface area contributed by atoms with Gasteiger partial charge < -0.3 is 14.8 Å². The van der Waals surface area contributed by atoms with Gasteiger partial charge in [-0.3, -0.25) is 0 Å². The van der Waals surface area contributed by atoms with Crippen LogP contribution in [0, 0.1) is 6.92 Å². The standard InChI is InChI=1S/C21H19N3O4S/c1-13-10-19-22-14(2)21(29(25,26)16-6-4-3-5-7-16)20(24(19)23-13)15-8-9-17-18(11-15)28-12-27-17/h3-11,20,22H,12H2,1-2H3. The lowest BCUT2D eigenvalue weighted by Gasteiger charge is -2.30. The largest absolute Gasteiger partial charge is 0.454 e. The van der Waals surface area contributed by atoms with Crippen LogP contribution in [0.3, 0.4) is 0 Å². The minimum Gasteiger partial charge on any atom is -0.454 e. The molecular formula is C21H19N3O4S. The minimum atomic E-state index is -3.77. The number of aryl methyl sites for hydroxylation is 1. The number of fused-ring (bicyclic) bond motifs is 2. The lowest BCUT2D eigenvalue weighted by Crippen LogP contribution is -2.28. The van der Waals surface area contributed by atoms with Gasteiger partial charge in [0.05, 0.1) is 15.5 Å². The Morgan fingerprint density at radius 2 is 1.79 bits per heavy atom. The third-order valence-corrected chi connectivity index (χ3v) is 7.09. The fraction of sp³-hybridized carbons (Fsp3) is 0.190. The van der Waals surface area contributed by atoms with Crippen molar-refractivity contribution in [2.75, 3.05) is 12.1 Å². The second kappa shape index (κ2) is 6.38. The van der Waals surface area contributed by atoms with Gasteiger partial charge in [0.25, 0.3) is 0 Å². The second-order valence-corrected chi connectivity index (χ2v) is 8.98. The summed E-state index contributed by atoms with van der Waals surface area (Å²) in [6.07, 6.45) is 0. The number of anilines is 1. The average Bonchev–Trinajstić information content (AvgIpc) is 3.32. The molecule has 29 heavy (non-hydrogen) atoms. The van der Waals surface area contributed by atoms with Crippen LogP contribution < -0.4 is 14.8 Å². The summed E-state index contributed by atoms with van der Waals surface area (Å²) < 4.78 is 39.9. The fourth-order valence-corrected chi connectivity index (χ4v) is 5.58. The molecule has 0 bridgehead atoms. The molecule has 148 valence electrons. The number of hydrogen-bond acceptors (Lipinski definition) is 6. The van der Waals surface area contributed by atoms with Gasteiger partial charge in [-0.15, -0.1) is 0 Å². The Morgan fingerprint density at radius 1 is 1.03 bits per heavy atom. The summed E-state index contributed by atoms with van der Waals surface area (Å²) in [6, 6.07) is 15.2. The van der Waals surface area contributed by atoms with Crippen LogP contribution in [-0.2, 0) is 9.84 Å². The second-order valence-electron chi connectivity index (χ2n) is 7.06. The van der Waals surface area contributed by atoms with E-state index < -0.39 is 15.9 Å². The smallest absolute Gasteiger partial charge is 0.231 e. The van der Waals surface area contributed by atoms with Gasteiger partial charge in [0.1, 0.15) is 11.9 Å². The van der Waals surface area contributed by atoms with Crippen molar-refractivity contribution in [3.05, 3.63) is 76.5 Å². The van der Waals surface area contributed by atoms with E-state index in [1.54, 1.807) is 48.0 Å². The molecule has 0 radical (unpaired) electrons. The number of sulfone groups is 1. The molecule has 1 atom stereocenters. The van der Waals surface area contributed by atoms with E-state index >= 15 is 0 Å². The molecule has 0 amide bonds. The zero-order valence-electron chi connectivity index (χ0n) is 15.9. The van der Waals surface area contributed by atoms with Gasteiger partial charge in [-0.2, -0.15) is 5.10 Å². The first-order valence-corrected chi connectivity index (χ1v) is 10.7. The monoisotopic (exact) mass is 409 g/mol. The molecule has 0 saturated carbocycles. The van der Waals surface area contributed by atoms with Gasteiger partial charge in [0.15, 0.2) is 11.5 Å². The normalized spacial score (nSPS) is 17.8. The van der Waals surface area contributed by atoms with Crippen molar-refractivity contribution in [3.8, 4) is 11.5 Å². The molecule has 2 aliphatic rings. The van der Waals surface area contributed by atoms with Crippen LogP contribution in [0.5, 0.6) is 11.5 Å². The molecule has 0 saturated heterocycles. The summed E-state index contributed by atoms with van der Waals surface area (Å²) in [7, 11) is -3.77. The number of hydrogen-bond donors (Lipinski definition) is 1. The molecule has 2 aliphatic heterocycles. The van der Waals surface area contributed by atoms with Crippen LogP contribution >= 0.6 is 0 Å². The molecule has 3 aromatic rings. The fourth-order valence-electron chi connectivity index (χ4n) is 3.83. The van der Waals surface area contributed by atoms with Crippen molar-refractivity contribution in [1.29, 1.82) is 0 Å². The van der Waals surface area contributed by atoms with Crippen LogP contribution in [0.2, 0.25) is 0 Å². The third-order valence-electron chi connectivity index (χ3n) is 5.09. The summed E-state index contributed by atoms with van der Waals surface area (Å²) >= 11 is 0. The lowest BCUT2D eigenvalue weighted by atomic mass is 10.0. The van der Waals surface area contributed by atoms with E-state index in [-0.39, 0.29) is 16.6 Å². The first kappa shape index (κ1) is 17.8. The zero-order valence-corrected chi connectivity index (χ0v) is 16.7. The van der Waals surface area contributed by atoms with Crippen LogP contribution in [-0.4, -0.2) is 25.0 Å². The van der Waals surface area contributed by atoms with Gasteiger partial charge in [-0.1, -0.05) is 24.3 Å². The van der Waals surface area contributed by atoms with Crippen LogP contribution in [0.4, 0.5) is 5.82 Å². The highest BCUT2D eigenvalue weighted by atomic mass is 32.2. The number of benzene rings is 2. The van der Waals surface area contributed by atoms with Crippen molar-refractivity contribution in [1.82, 2.24) is 9.78 Å². The lowest BCUT2D eigenvalue weighted by molar-refractivity contribution is 0.174. The highest BCUT2D eigenvalue weighted by Gasteiger charge is 2.38. The number of nitrogens with one attached hydrogen (secondary N) is 1. The predicted octanol–water partition coefficient (Wildman–Crippen LogP) is 3.64. The van der Waals surface area contributed by atoms with Crippen molar-refractivity contribution in [2.24, 2.45) is 0 Å². The van der Waals surface area contributed by atoms with Gasteiger partial charge in [-0.05, 0) is 43.7 Å². The van der Waals surface area contributed by atoms with E-state index in [4.69, 9.17) is 9.47 Å². The number of nitrogens with zero attached hydrogens (tertiary/aromatic N) is 2. The topological polar surface area (TPSA) is 82.5 Å². The molecule has 3 heterocycles. The molecule has 1 aromatic heterocycles. The van der Waals surface area contributed by atoms with Crippen molar-refractivity contribution in [2.45, 2.75) is 24.8 Å². The third kappa shape index (κ3) is 2.79. The van der Waals surface area contributed by atoms with Gasteiger partial charge in [0.2, 0.25) is 16.6 Å². The molecule has 7 nitrogen and oxygen atoms in total. The first-order valence-electron chi connectivity index (χ1n) is 9.19. The maximum absolute atomic E-state index is 13.6. The molecule has 1 unspecified atom stereocenters. The Kier molecular flexibility index (Phi) is 3.92. The molecule has 0 spiro atoms. The van der Waals surface area contributed by atoms with E-state index in [1.165, 1.54) is 0 Å². The van der Waals surface area contributed by atoms with E-state index in [0.717, 1.165) is 17.1 Å². The summed E-state index contributed by atoms with van der Waals surface area (Å²) in [5, 5.41) is 7.78. The Bertz CT molecular complexity index is 1250. The Balaban J connectivity index is 1.74. The van der Waals surface area contributed by atoms with E-state index in [2.05, 4.69) is 10.4 Å². The summed E-state index contributed by atoms with van der Waals surface area (Å²) in [4.78, 5) is 0.507. The number of allylic oxidation sites excluding steroid dienone is 2. The summed E-state index contributed by atoms with van der Waals surface area (Å²) in [6.45, 7) is 3.81. The summed E-state index contributed by atoms with van der Waals surface area (Å²) in [5.41, 5.74) is 2.13. The van der Waals surface area contributed by atoms with Crippen molar-refractivity contribution >= 4 is 15.7 Å². The quantitative estimate of drug-likeness (QED) is 0.711. The first-order chi connectivity index (χ1) is 13.9. The molecule has 0 fully saturated rings. The number of aromatic nitrogens is 2. The summed E-state index contributed by atoms with van der Waals surface area (Å²) in [5.74, 6) is 1.99. The number of ether oxygens (including phenoxy) is 2. The maximum atomic E-state index is 13.6. The van der Waals surface area contributed by atoms with Crippen molar-refractivity contribution < 1.29 is 17.9 Å². The Morgan fingerprint density at radius 3 is 2.59 bits per heavy atom. The van der Waals surface area contributed by atoms with E-state index in [0.29, 0.717) is 17.2 Å². The Labute approximate surface area is 168 Å². The van der Waals surface area contributed by atoms with Crippen LogP contribution in [0.25, 0.3) is 0 Å². The van der Waals surface area contributed by atoms with Crippen LogP contribution in [0.15, 0.2) is 70.1 Å². The highest BCUT2D eigenvalue weighted by Crippen LogP contribution is 2.43. The Hall–Kier alpha value is -3.26. The molecule has 0 aliphatic carbocycles.